The van der Waals surface area contributed by atoms with E-state index in [4.69, 9.17) is 4.52 Å². The van der Waals surface area contributed by atoms with Gasteiger partial charge in [0, 0.05) is 0 Å². The summed E-state index contributed by atoms with van der Waals surface area (Å²) in [5.74, 6) is 0.589. The number of nitrogens with zero attached hydrogens (tertiary/aromatic N) is 3. The smallest absolute Gasteiger partial charge is 0.262 e. The number of hydrogen-bond acceptors (Lipinski definition) is 6. The van der Waals surface area contributed by atoms with Gasteiger partial charge in [-0.25, -0.2) is 4.98 Å². The zero-order chi connectivity index (χ0) is 9.54. The highest BCUT2D eigenvalue weighted by molar-refractivity contribution is 8.00. The first-order valence-electron chi connectivity index (χ1n) is 4.08. The average Bonchev–Trinajstić information content (AvgIpc) is 2.51. The van der Waals surface area contributed by atoms with Crippen molar-refractivity contribution in [2.24, 2.45) is 0 Å². The molecule has 0 bridgehead atoms. The molecular formula is C8H5N3O2S. The van der Waals surface area contributed by atoms with Crippen LogP contribution in [0.15, 0.2) is 15.9 Å². The van der Waals surface area contributed by atoms with Gasteiger partial charge >= 0.3 is 0 Å². The molecule has 1 aliphatic rings. The molecule has 0 atom stereocenters. The first kappa shape index (κ1) is 7.93. The van der Waals surface area contributed by atoms with E-state index in [1.165, 1.54) is 18.1 Å². The summed E-state index contributed by atoms with van der Waals surface area (Å²) < 4.78 is 5.00. The van der Waals surface area contributed by atoms with Crippen molar-refractivity contribution in [1.82, 2.24) is 15.1 Å². The Morgan fingerprint density at radius 1 is 1.43 bits per heavy atom. The molecule has 3 rings (SSSR count). The predicted octanol–water partition coefficient (Wildman–Crippen LogP) is 0.835. The fourth-order valence-corrected chi connectivity index (χ4v) is 2.30. The van der Waals surface area contributed by atoms with Crippen LogP contribution in [0.5, 0.6) is 0 Å². The molecule has 0 N–H and O–H groups in total. The van der Waals surface area contributed by atoms with E-state index in [1.54, 1.807) is 0 Å². The summed E-state index contributed by atoms with van der Waals surface area (Å²) in [5.41, 5.74) is 1.12. The largest absolute Gasteiger partial charge is 0.335 e. The summed E-state index contributed by atoms with van der Waals surface area (Å²) in [5, 5.41) is 5.41. The minimum Gasteiger partial charge on any atom is -0.335 e. The Morgan fingerprint density at radius 3 is 3.29 bits per heavy atom. The van der Waals surface area contributed by atoms with E-state index >= 15 is 0 Å². The van der Waals surface area contributed by atoms with Crippen molar-refractivity contribution >= 4 is 28.6 Å². The van der Waals surface area contributed by atoms with E-state index in [-0.39, 0.29) is 5.78 Å². The molecule has 3 heterocycles. The minimum absolute atomic E-state index is 0.142. The lowest BCUT2D eigenvalue weighted by molar-refractivity contribution is -0.116. The maximum absolute atomic E-state index is 11.3. The summed E-state index contributed by atoms with van der Waals surface area (Å²) in [6, 6.07) is 0. The average molecular weight is 207 g/mol. The van der Waals surface area contributed by atoms with Crippen LogP contribution >= 0.6 is 11.8 Å². The third-order valence-electron chi connectivity index (χ3n) is 2.04. The molecule has 0 unspecified atom stereocenters. The molecule has 0 amide bonds. The number of ketones is 1. The van der Waals surface area contributed by atoms with Gasteiger partial charge in [0.1, 0.15) is 22.8 Å². The Balaban J connectivity index is 2.35. The van der Waals surface area contributed by atoms with Crippen LogP contribution in [-0.2, 0) is 11.2 Å². The van der Waals surface area contributed by atoms with Gasteiger partial charge in [-0.1, -0.05) is 16.9 Å². The van der Waals surface area contributed by atoms with E-state index in [0.29, 0.717) is 23.6 Å². The summed E-state index contributed by atoms with van der Waals surface area (Å²) in [4.78, 5) is 19.4. The topological polar surface area (TPSA) is 68.9 Å². The van der Waals surface area contributed by atoms with Crippen LogP contribution in [0.25, 0.3) is 11.1 Å². The van der Waals surface area contributed by atoms with Gasteiger partial charge in [0.05, 0.1) is 17.6 Å². The van der Waals surface area contributed by atoms with Crippen molar-refractivity contribution in [2.75, 3.05) is 5.75 Å². The summed E-state index contributed by atoms with van der Waals surface area (Å²) in [6.07, 6.45) is 1.75. The molecule has 0 saturated heterocycles. The van der Waals surface area contributed by atoms with Crippen molar-refractivity contribution < 1.29 is 9.32 Å². The summed E-state index contributed by atoms with van der Waals surface area (Å²) in [7, 11) is 0. The second-order valence-electron chi connectivity index (χ2n) is 2.99. The van der Waals surface area contributed by atoms with Crippen molar-refractivity contribution in [3.63, 3.8) is 0 Å². The third kappa shape index (κ3) is 1.04. The normalized spacial score (nSPS) is 15.9. The first-order chi connectivity index (χ1) is 6.84. The van der Waals surface area contributed by atoms with Gasteiger partial charge in [0.25, 0.3) is 5.71 Å². The van der Waals surface area contributed by atoms with Crippen LogP contribution in [-0.4, -0.2) is 26.7 Å². The van der Waals surface area contributed by atoms with Crippen LogP contribution in [0.3, 0.4) is 0 Å². The SMILES string of the molecule is O=C1CSc2ncnc3onc(c23)C1. The molecule has 0 spiro atoms. The Kier molecular flexibility index (Phi) is 1.57. The predicted molar refractivity (Wildman–Crippen MR) is 49.0 cm³/mol. The Bertz CT molecular complexity index is 522. The number of Topliss-reactive ketones (excluding diaryl/α,β-unsaturated/α-hetero) is 1. The fraction of sp³-hybridized carbons (Fsp3) is 0.250. The van der Waals surface area contributed by atoms with Gasteiger partial charge in [-0.3, -0.25) is 4.79 Å². The first-order valence-corrected chi connectivity index (χ1v) is 5.07. The lowest BCUT2D eigenvalue weighted by atomic mass is 10.2. The van der Waals surface area contributed by atoms with Gasteiger partial charge in [-0.2, -0.15) is 4.98 Å². The molecule has 0 saturated carbocycles. The number of carbonyl (C=O) groups excluding carboxylic acids is 1. The van der Waals surface area contributed by atoms with Crippen LogP contribution in [0.1, 0.15) is 5.69 Å². The highest BCUT2D eigenvalue weighted by atomic mass is 32.2. The summed E-state index contributed by atoms with van der Waals surface area (Å²) in [6.45, 7) is 0. The van der Waals surface area contributed by atoms with Crippen LogP contribution < -0.4 is 0 Å². The van der Waals surface area contributed by atoms with Crippen LogP contribution in [0.2, 0.25) is 0 Å². The van der Waals surface area contributed by atoms with E-state index in [1.807, 2.05) is 0 Å². The van der Waals surface area contributed by atoms with E-state index in [2.05, 4.69) is 15.1 Å². The fourth-order valence-electron chi connectivity index (χ4n) is 1.43. The van der Waals surface area contributed by atoms with E-state index in [9.17, 15) is 4.79 Å². The zero-order valence-electron chi connectivity index (χ0n) is 7.06. The highest BCUT2D eigenvalue weighted by Crippen LogP contribution is 2.30. The number of hydrogen-bond donors (Lipinski definition) is 0. The molecule has 2 aromatic rings. The molecule has 5 nitrogen and oxygen atoms in total. The molecule has 6 heteroatoms. The van der Waals surface area contributed by atoms with Crippen molar-refractivity contribution in [2.45, 2.75) is 11.4 Å². The number of thioether (sulfide) groups is 1. The van der Waals surface area contributed by atoms with Crippen LogP contribution in [0, 0.1) is 0 Å². The van der Waals surface area contributed by atoms with E-state index in [0.717, 1.165) is 10.4 Å². The lowest BCUT2D eigenvalue weighted by Gasteiger charge is -1.94. The minimum atomic E-state index is 0.142. The van der Waals surface area contributed by atoms with Gasteiger partial charge in [-0.15, -0.1) is 0 Å². The summed E-state index contributed by atoms with van der Waals surface area (Å²) >= 11 is 1.41. The van der Waals surface area contributed by atoms with Gasteiger partial charge in [0.15, 0.2) is 0 Å². The monoisotopic (exact) mass is 207 g/mol. The molecule has 2 aromatic heterocycles. The van der Waals surface area contributed by atoms with Crippen molar-refractivity contribution in [3.8, 4) is 0 Å². The molecule has 0 radical (unpaired) electrons. The van der Waals surface area contributed by atoms with Gasteiger partial charge in [-0.05, 0) is 0 Å². The third-order valence-corrected chi connectivity index (χ3v) is 3.09. The van der Waals surface area contributed by atoms with E-state index < -0.39 is 0 Å². The maximum atomic E-state index is 11.3. The quantitative estimate of drug-likeness (QED) is 0.596. The Hall–Kier alpha value is -1.43. The highest BCUT2D eigenvalue weighted by Gasteiger charge is 2.21. The zero-order valence-corrected chi connectivity index (χ0v) is 7.87. The van der Waals surface area contributed by atoms with Gasteiger partial charge in [0.2, 0.25) is 0 Å². The molecular weight excluding hydrogens is 202 g/mol. The van der Waals surface area contributed by atoms with Crippen LogP contribution in [0.4, 0.5) is 0 Å². The maximum Gasteiger partial charge on any atom is 0.262 e. The molecule has 0 fully saturated rings. The molecule has 1 aliphatic heterocycles. The number of carbonyl (C=O) groups is 1. The lowest BCUT2D eigenvalue weighted by Crippen LogP contribution is -2.03. The van der Waals surface area contributed by atoms with Gasteiger partial charge < -0.3 is 4.52 Å². The Labute approximate surface area is 82.9 Å². The second-order valence-corrected chi connectivity index (χ2v) is 3.96. The second kappa shape index (κ2) is 2.78. The molecule has 0 aromatic carbocycles. The number of rotatable bonds is 0. The number of aromatic nitrogens is 3. The molecule has 70 valence electrons. The Morgan fingerprint density at radius 2 is 2.36 bits per heavy atom. The van der Waals surface area contributed by atoms with Crippen molar-refractivity contribution in [3.05, 3.63) is 12.0 Å². The molecule has 0 aliphatic carbocycles. The molecule has 14 heavy (non-hydrogen) atoms. The van der Waals surface area contributed by atoms with Crippen molar-refractivity contribution in [1.29, 1.82) is 0 Å². The standard InChI is InChI=1S/C8H5N3O2S/c12-4-1-5-6-7(13-11-5)9-3-10-8(6)14-2-4/h3H,1-2H2.